The molecule has 0 saturated carbocycles. The lowest BCUT2D eigenvalue weighted by Gasteiger charge is -2.27. The normalized spacial score (nSPS) is 14.3. The smallest absolute Gasteiger partial charge is 0.249 e. The zero-order valence-corrected chi connectivity index (χ0v) is 32.7. The highest BCUT2D eigenvalue weighted by Gasteiger charge is 2.28. The molecule has 0 rings (SSSR count). The van der Waals surface area contributed by atoms with E-state index in [-0.39, 0.29) is 0 Å². The minimum absolute atomic E-state index is 0.364. The van der Waals surface area contributed by atoms with Gasteiger partial charge in [0.1, 0.15) is 12.2 Å². The molecule has 0 aromatic rings. The average molecular weight is 696 g/mol. The zero-order chi connectivity index (χ0) is 36.0. The first-order valence-corrected chi connectivity index (χ1v) is 21.6. The number of carbonyl (C=O) groups is 1. The van der Waals surface area contributed by atoms with Crippen molar-refractivity contribution in [2.24, 2.45) is 0 Å². The second-order valence-corrected chi connectivity index (χ2v) is 15.0. The molecule has 0 fully saturated rings. The van der Waals surface area contributed by atoms with Gasteiger partial charge in [0.2, 0.25) is 5.91 Å². The summed E-state index contributed by atoms with van der Waals surface area (Å²) in [4.78, 5) is 12.5. The Morgan fingerprint density at radius 2 is 0.816 bits per heavy atom. The summed E-state index contributed by atoms with van der Waals surface area (Å²) in [6, 6.07) is -0.983. The Morgan fingerprint density at radius 1 is 0.490 bits per heavy atom. The molecule has 0 bridgehead atoms. The van der Waals surface area contributed by atoms with Gasteiger partial charge in [-0.05, 0) is 38.5 Å². The molecule has 0 aliphatic heterocycles. The van der Waals surface area contributed by atoms with E-state index in [2.05, 4.69) is 31.3 Å². The van der Waals surface area contributed by atoms with Crippen molar-refractivity contribution in [3.8, 4) is 0 Å². The van der Waals surface area contributed by atoms with Crippen LogP contribution in [0, 0.1) is 0 Å². The predicted octanol–water partition coefficient (Wildman–Crippen LogP) is 11.0. The molecular weight excluding hydrogens is 610 g/mol. The van der Waals surface area contributed by atoms with Crippen LogP contribution in [0.1, 0.15) is 226 Å². The minimum atomic E-state index is -1.26. The van der Waals surface area contributed by atoms with Gasteiger partial charge in [0.25, 0.3) is 0 Å². The Balaban J connectivity index is 3.72. The van der Waals surface area contributed by atoms with Crippen LogP contribution in [0.25, 0.3) is 0 Å². The minimum Gasteiger partial charge on any atom is -0.394 e. The first-order chi connectivity index (χ1) is 24.0. The van der Waals surface area contributed by atoms with Crippen LogP contribution in [0.5, 0.6) is 0 Å². The van der Waals surface area contributed by atoms with Gasteiger partial charge in [-0.3, -0.25) is 4.79 Å². The van der Waals surface area contributed by atoms with Crippen molar-refractivity contribution in [3.05, 3.63) is 12.2 Å². The van der Waals surface area contributed by atoms with E-state index in [1.807, 2.05) is 0 Å². The van der Waals surface area contributed by atoms with Gasteiger partial charge >= 0.3 is 0 Å². The van der Waals surface area contributed by atoms with Gasteiger partial charge in [0.15, 0.2) is 0 Å². The van der Waals surface area contributed by atoms with E-state index < -0.39 is 36.9 Å². The first-order valence-electron chi connectivity index (χ1n) is 21.6. The van der Waals surface area contributed by atoms with Crippen LogP contribution in [0.3, 0.4) is 0 Å². The van der Waals surface area contributed by atoms with Gasteiger partial charge in [-0.1, -0.05) is 199 Å². The molecule has 1 amide bonds. The summed E-state index contributed by atoms with van der Waals surface area (Å²) in [6.45, 7) is 4.04. The highest BCUT2D eigenvalue weighted by atomic mass is 16.3. The number of aliphatic hydroxyl groups excluding tert-OH is 4. The van der Waals surface area contributed by atoms with Crippen LogP contribution >= 0.6 is 0 Å². The summed E-state index contributed by atoms with van der Waals surface area (Å²) in [6.07, 6.45) is 41.0. The third-order valence-corrected chi connectivity index (χ3v) is 10.2. The summed E-state index contributed by atoms with van der Waals surface area (Å²) >= 11 is 0. The molecule has 0 aliphatic rings. The Bertz CT molecular complexity index is 702. The molecule has 0 radical (unpaired) electrons. The molecule has 5 N–H and O–H groups in total. The number of rotatable bonds is 39. The van der Waals surface area contributed by atoms with Crippen molar-refractivity contribution >= 4 is 5.91 Å². The number of allylic oxidation sites excluding steroid dienone is 2. The van der Waals surface area contributed by atoms with Gasteiger partial charge in [0, 0.05) is 0 Å². The van der Waals surface area contributed by atoms with Crippen LogP contribution < -0.4 is 5.32 Å². The van der Waals surface area contributed by atoms with E-state index >= 15 is 0 Å². The van der Waals surface area contributed by atoms with Crippen LogP contribution in [0.15, 0.2) is 12.2 Å². The number of hydrogen-bond donors (Lipinski definition) is 5. The summed E-state index contributed by atoms with van der Waals surface area (Å²) in [7, 11) is 0. The molecule has 292 valence electrons. The van der Waals surface area contributed by atoms with Crippen molar-refractivity contribution in [3.63, 3.8) is 0 Å². The van der Waals surface area contributed by atoms with Crippen molar-refractivity contribution in [2.45, 2.75) is 250 Å². The van der Waals surface area contributed by atoms with Crippen LogP contribution in [0.4, 0.5) is 0 Å². The molecule has 0 saturated heterocycles. The number of unbranched alkanes of at least 4 members (excludes halogenated alkanes) is 28. The lowest BCUT2D eigenvalue weighted by atomic mass is 9.99. The van der Waals surface area contributed by atoms with Crippen molar-refractivity contribution < 1.29 is 25.2 Å². The fourth-order valence-corrected chi connectivity index (χ4v) is 6.75. The maximum absolute atomic E-state index is 12.5. The van der Waals surface area contributed by atoms with E-state index in [4.69, 9.17) is 0 Å². The van der Waals surface area contributed by atoms with Crippen LogP contribution in [0.2, 0.25) is 0 Å². The number of carbonyl (C=O) groups excluding carboxylic acids is 1. The molecule has 0 spiro atoms. The lowest BCUT2D eigenvalue weighted by molar-refractivity contribution is -0.132. The monoisotopic (exact) mass is 696 g/mol. The molecule has 4 atom stereocenters. The summed E-state index contributed by atoms with van der Waals surface area (Å²) in [5.41, 5.74) is 0. The van der Waals surface area contributed by atoms with Crippen LogP contribution in [-0.2, 0) is 4.79 Å². The molecule has 4 unspecified atom stereocenters. The highest BCUT2D eigenvalue weighted by molar-refractivity contribution is 5.80. The standard InChI is InChI=1S/C43H85NO5/c1-3-5-7-9-11-13-15-17-18-19-20-21-22-23-24-25-27-29-31-33-35-37-41(47)43(49)44-39(38-45)42(48)40(46)36-34-32-30-28-26-16-14-12-10-8-6-4-2/h22-23,39-42,45-48H,3-21,24-38H2,1-2H3,(H,44,49)/b23-22-. The molecular formula is C43H85NO5. The predicted molar refractivity (Wildman–Crippen MR) is 210 cm³/mol. The molecule has 6 heteroatoms. The quantitative estimate of drug-likeness (QED) is 0.0325. The van der Waals surface area contributed by atoms with E-state index in [9.17, 15) is 25.2 Å². The highest BCUT2D eigenvalue weighted by Crippen LogP contribution is 2.16. The fraction of sp³-hybridized carbons (Fsp3) is 0.930. The van der Waals surface area contributed by atoms with E-state index in [1.165, 1.54) is 154 Å². The summed E-state index contributed by atoms with van der Waals surface area (Å²) in [5, 5.41) is 43.6. The maximum atomic E-state index is 12.5. The third-order valence-electron chi connectivity index (χ3n) is 10.2. The number of hydrogen-bond acceptors (Lipinski definition) is 5. The Hall–Kier alpha value is -0.950. The number of amides is 1. The average Bonchev–Trinajstić information content (AvgIpc) is 3.11. The number of nitrogens with one attached hydrogen (secondary N) is 1. The summed E-state index contributed by atoms with van der Waals surface area (Å²) < 4.78 is 0. The Morgan fingerprint density at radius 3 is 1.18 bits per heavy atom. The largest absolute Gasteiger partial charge is 0.394 e. The molecule has 0 aromatic heterocycles. The fourth-order valence-electron chi connectivity index (χ4n) is 6.75. The zero-order valence-electron chi connectivity index (χ0n) is 32.7. The number of aliphatic hydroxyl groups is 4. The maximum Gasteiger partial charge on any atom is 0.249 e. The van der Waals surface area contributed by atoms with Gasteiger partial charge < -0.3 is 25.7 Å². The van der Waals surface area contributed by atoms with Crippen molar-refractivity contribution in [2.75, 3.05) is 6.61 Å². The SMILES string of the molecule is CCCCCCCCCCCCC/C=C\CCCCCCCCC(O)C(=O)NC(CO)C(O)C(O)CCCCCCCCCCCCCC. The molecule has 49 heavy (non-hydrogen) atoms. The van der Waals surface area contributed by atoms with E-state index in [0.717, 1.165) is 44.9 Å². The van der Waals surface area contributed by atoms with Gasteiger partial charge in [-0.15, -0.1) is 0 Å². The Kier molecular flexibility index (Phi) is 37.5. The van der Waals surface area contributed by atoms with Crippen LogP contribution in [-0.4, -0.2) is 57.3 Å². The second kappa shape index (κ2) is 38.3. The van der Waals surface area contributed by atoms with Gasteiger partial charge in [0.05, 0.1) is 18.8 Å². The lowest BCUT2D eigenvalue weighted by Crippen LogP contribution is -2.53. The van der Waals surface area contributed by atoms with Gasteiger partial charge in [-0.2, -0.15) is 0 Å². The van der Waals surface area contributed by atoms with Gasteiger partial charge in [-0.25, -0.2) is 0 Å². The third kappa shape index (κ3) is 32.7. The van der Waals surface area contributed by atoms with Crippen molar-refractivity contribution in [1.29, 1.82) is 0 Å². The molecule has 0 heterocycles. The topological polar surface area (TPSA) is 110 Å². The second-order valence-electron chi connectivity index (χ2n) is 15.0. The van der Waals surface area contributed by atoms with Crippen molar-refractivity contribution in [1.82, 2.24) is 5.32 Å². The summed E-state index contributed by atoms with van der Waals surface area (Å²) in [5.74, 6) is -0.587. The molecule has 0 aliphatic carbocycles. The van der Waals surface area contributed by atoms with E-state index in [0.29, 0.717) is 12.8 Å². The molecule has 0 aromatic carbocycles. The molecule has 6 nitrogen and oxygen atoms in total. The first kappa shape index (κ1) is 48.0. The van der Waals surface area contributed by atoms with E-state index in [1.54, 1.807) is 0 Å². The Labute approximate surface area is 304 Å².